The van der Waals surface area contributed by atoms with Gasteiger partial charge in [-0.3, -0.25) is 0 Å². The summed E-state index contributed by atoms with van der Waals surface area (Å²) < 4.78 is 13.3. The third-order valence-electron chi connectivity index (χ3n) is 3.10. The third-order valence-corrected chi connectivity index (χ3v) is 3.10. The highest BCUT2D eigenvalue weighted by molar-refractivity contribution is 5.66. The first-order valence-electron chi connectivity index (χ1n) is 6.17. The fourth-order valence-electron chi connectivity index (χ4n) is 2.02. The molecule has 20 heavy (non-hydrogen) atoms. The van der Waals surface area contributed by atoms with E-state index < -0.39 is 0 Å². The maximum absolute atomic E-state index is 13.3. The first-order chi connectivity index (χ1) is 9.63. The van der Waals surface area contributed by atoms with Gasteiger partial charge in [-0.15, -0.1) is 0 Å². The number of halogens is 1. The Balaban J connectivity index is 1.99. The molecule has 0 saturated heterocycles. The number of aromatic nitrogens is 3. The molecule has 5 heteroatoms. The number of nitrogen functional groups attached to an aromatic ring is 1. The second-order valence-corrected chi connectivity index (χ2v) is 4.58. The third kappa shape index (κ3) is 2.25. The van der Waals surface area contributed by atoms with Crippen molar-refractivity contribution in [1.82, 2.24) is 15.0 Å². The molecule has 0 spiro atoms. The van der Waals surface area contributed by atoms with Crippen molar-refractivity contribution >= 4 is 5.82 Å². The number of nitrogens with zero attached hydrogens (tertiary/aromatic N) is 2. The van der Waals surface area contributed by atoms with E-state index in [1.807, 2.05) is 6.07 Å². The summed E-state index contributed by atoms with van der Waals surface area (Å²) in [5, 5.41) is 0. The Kier molecular flexibility index (Phi) is 2.95. The molecule has 3 aromatic rings. The van der Waals surface area contributed by atoms with Gasteiger partial charge in [0, 0.05) is 17.3 Å². The summed E-state index contributed by atoms with van der Waals surface area (Å²) in [6.45, 7) is 1.74. The minimum Gasteiger partial charge on any atom is -0.384 e. The van der Waals surface area contributed by atoms with Gasteiger partial charge in [0.1, 0.15) is 17.5 Å². The summed E-state index contributed by atoms with van der Waals surface area (Å²) in [6.07, 6.45) is 3.35. The van der Waals surface area contributed by atoms with Crippen LogP contribution in [0.2, 0.25) is 0 Å². The first-order valence-corrected chi connectivity index (χ1v) is 6.17. The van der Waals surface area contributed by atoms with Crippen LogP contribution < -0.4 is 5.73 Å². The zero-order valence-electron chi connectivity index (χ0n) is 10.9. The highest BCUT2D eigenvalue weighted by Crippen LogP contribution is 2.24. The van der Waals surface area contributed by atoms with E-state index in [2.05, 4.69) is 15.0 Å². The van der Waals surface area contributed by atoms with Gasteiger partial charge < -0.3 is 10.7 Å². The molecule has 100 valence electrons. The zero-order valence-corrected chi connectivity index (χ0v) is 10.9. The van der Waals surface area contributed by atoms with Gasteiger partial charge >= 0.3 is 0 Å². The van der Waals surface area contributed by atoms with Crippen molar-refractivity contribution in [3.05, 3.63) is 54.1 Å². The van der Waals surface area contributed by atoms with E-state index in [0.717, 1.165) is 16.8 Å². The van der Waals surface area contributed by atoms with Crippen molar-refractivity contribution in [1.29, 1.82) is 0 Å². The normalized spacial score (nSPS) is 10.7. The van der Waals surface area contributed by atoms with E-state index in [1.54, 1.807) is 37.5 Å². The van der Waals surface area contributed by atoms with Gasteiger partial charge in [-0.05, 0) is 42.8 Å². The Bertz CT molecular complexity index is 764. The SMILES string of the molecule is Cc1cc(-c2cnc(-c3ccnc(N)c3)[nH]2)ccc1F. The smallest absolute Gasteiger partial charge is 0.137 e. The van der Waals surface area contributed by atoms with Crippen molar-refractivity contribution in [2.75, 3.05) is 5.73 Å². The van der Waals surface area contributed by atoms with Gasteiger partial charge in [-0.1, -0.05) is 0 Å². The van der Waals surface area contributed by atoms with E-state index in [9.17, 15) is 4.39 Å². The van der Waals surface area contributed by atoms with Crippen LogP contribution in [0.1, 0.15) is 5.56 Å². The number of imidazole rings is 1. The summed E-state index contributed by atoms with van der Waals surface area (Å²) in [4.78, 5) is 11.5. The second kappa shape index (κ2) is 4.77. The highest BCUT2D eigenvalue weighted by atomic mass is 19.1. The summed E-state index contributed by atoms with van der Waals surface area (Å²) >= 11 is 0. The number of aryl methyl sites for hydroxylation is 1. The van der Waals surface area contributed by atoms with Crippen LogP contribution in [0.3, 0.4) is 0 Å². The number of aromatic amines is 1. The number of hydrogen-bond donors (Lipinski definition) is 2. The number of H-pyrrole nitrogens is 1. The number of rotatable bonds is 2. The predicted molar refractivity (Wildman–Crippen MR) is 76.4 cm³/mol. The predicted octanol–water partition coefficient (Wildman–Crippen LogP) is 3.17. The molecular formula is C15H13FN4. The Hall–Kier alpha value is -2.69. The summed E-state index contributed by atoms with van der Waals surface area (Å²) in [7, 11) is 0. The van der Waals surface area contributed by atoms with Crippen molar-refractivity contribution in [3.8, 4) is 22.6 Å². The molecule has 2 aromatic heterocycles. The van der Waals surface area contributed by atoms with Crippen LogP contribution in [-0.2, 0) is 0 Å². The molecule has 3 N–H and O–H groups in total. The number of pyridine rings is 1. The Labute approximate surface area is 115 Å². The lowest BCUT2D eigenvalue weighted by Gasteiger charge is -2.01. The average molecular weight is 268 g/mol. The molecule has 0 atom stereocenters. The summed E-state index contributed by atoms with van der Waals surface area (Å²) in [5.74, 6) is 0.935. The van der Waals surface area contributed by atoms with Gasteiger partial charge in [-0.2, -0.15) is 0 Å². The molecule has 0 saturated carbocycles. The number of anilines is 1. The van der Waals surface area contributed by atoms with Crippen molar-refractivity contribution < 1.29 is 4.39 Å². The van der Waals surface area contributed by atoms with Crippen LogP contribution in [0.4, 0.5) is 10.2 Å². The van der Waals surface area contributed by atoms with Gasteiger partial charge in [0.15, 0.2) is 0 Å². The maximum Gasteiger partial charge on any atom is 0.137 e. The fraction of sp³-hybridized carbons (Fsp3) is 0.0667. The average Bonchev–Trinajstić information content (AvgIpc) is 2.92. The van der Waals surface area contributed by atoms with Gasteiger partial charge in [-0.25, -0.2) is 14.4 Å². The highest BCUT2D eigenvalue weighted by Gasteiger charge is 2.07. The molecule has 0 fully saturated rings. The van der Waals surface area contributed by atoms with E-state index in [4.69, 9.17) is 5.73 Å². The molecule has 2 heterocycles. The van der Waals surface area contributed by atoms with Crippen LogP contribution in [0.25, 0.3) is 22.6 Å². The van der Waals surface area contributed by atoms with E-state index in [-0.39, 0.29) is 5.82 Å². The molecule has 0 bridgehead atoms. The number of benzene rings is 1. The Morgan fingerprint density at radius 3 is 2.70 bits per heavy atom. The first kappa shape index (κ1) is 12.3. The molecule has 1 aromatic carbocycles. The topological polar surface area (TPSA) is 67.6 Å². The standard InChI is InChI=1S/C15H13FN4/c1-9-6-10(2-3-12(9)16)13-8-19-15(20-13)11-4-5-18-14(17)7-11/h2-8H,1H3,(H2,17,18)(H,19,20). The van der Waals surface area contributed by atoms with Crippen LogP contribution >= 0.6 is 0 Å². The van der Waals surface area contributed by atoms with Crippen LogP contribution in [0.5, 0.6) is 0 Å². The molecule has 3 rings (SSSR count). The van der Waals surface area contributed by atoms with Crippen molar-refractivity contribution in [2.24, 2.45) is 0 Å². The van der Waals surface area contributed by atoms with Crippen LogP contribution in [0, 0.1) is 12.7 Å². The number of hydrogen-bond acceptors (Lipinski definition) is 3. The molecule has 0 aliphatic heterocycles. The van der Waals surface area contributed by atoms with Gasteiger partial charge in [0.25, 0.3) is 0 Å². The molecule has 0 unspecified atom stereocenters. The molecule has 4 nitrogen and oxygen atoms in total. The molecule has 0 aliphatic rings. The van der Waals surface area contributed by atoms with Crippen LogP contribution in [-0.4, -0.2) is 15.0 Å². The number of nitrogens with one attached hydrogen (secondary N) is 1. The van der Waals surface area contributed by atoms with E-state index in [1.165, 1.54) is 6.07 Å². The quantitative estimate of drug-likeness (QED) is 0.750. The maximum atomic E-state index is 13.3. The monoisotopic (exact) mass is 268 g/mol. The van der Waals surface area contributed by atoms with Crippen molar-refractivity contribution in [2.45, 2.75) is 6.92 Å². The number of nitrogens with two attached hydrogens (primary N) is 1. The second-order valence-electron chi connectivity index (χ2n) is 4.58. The largest absolute Gasteiger partial charge is 0.384 e. The fourth-order valence-corrected chi connectivity index (χ4v) is 2.02. The summed E-state index contributed by atoms with van der Waals surface area (Å²) in [6, 6.07) is 8.54. The lowest BCUT2D eigenvalue weighted by atomic mass is 10.1. The molecule has 0 amide bonds. The van der Waals surface area contributed by atoms with Gasteiger partial charge in [0.2, 0.25) is 0 Å². The lowest BCUT2D eigenvalue weighted by molar-refractivity contribution is 0.619. The van der Waals surface area contributed by atoms with E-state index >= 15 is 0 Å². The van der Waals surface area contributed by atoms with E-state index in [0.29, 0.717) is 17.2 Å². The van der Waals surface area contributed by atoms with Crippen LogP contribution in [0.15, 0.2) is 42.7 Å². The lowest BCUT2D eigenvalue weighted by Crippen LogP contribution is -1.90. The Morgan fingerprint density at radius 1 is 1.10 bits per heavy atom. The minimum absolute atomic E-state index is 0.213. The molecule has 0 radical (unpaired) electrons. The zero-order chi connectivity index (χ0) is 14.1. The summed E-state index contributed by atoms with van der Waals surface area (Å²) in [5.41, 5.74) is 8.85. The Morgan fingerprint density at radius 2 is 1.95 bits per heavy atom. The molecule has 0 aliphatic carbocycles. The van der Waals surface area contributed by atoms with Gasteiger partial charge in [0.05, 0.1) is 11.9 Å². The minimum atomic E-state index is -0.213. The molecular weight excluding hydrogens is 255 g/mol. The van der Waals surface area contributed by atoms with Crippen molar-refractivity contribution in [3.63, 3.8) is 0 Å².